The lowest BCUT2D eigenvalue weighted by Crippen LogP contribution is -2.26. The van der Waals surface area contributed by atoms with Gasteiger partial charge in [-0.25, -0.2) is 9.97 Å². The van der Waals surface area contributed by atoms with Gasteiger partial charge in [-0.2, -0.15) is 4.52 Å². The highest BCUT2D eigenvalue weighted by Crippen LogP contribution is 2.50. The number of ether oxygens (including phenoxy) is 2. The minimum atomic E-state index is -3.71. The number of rotatable bonds is 7. The molecule has 3 heterocycles. The summed E-state index contributed by atoms with van der Waals surface area (Å²) in [6, 6.07) is 11.5. The summed E-state index contributed by atoms with van der Waals surface area (Å²) < 4.78 is 37.0. The zero-order chi connectivity index (χ0) is 32.5. The monoisotopic (exact) mass is 611 g/mol. The molecule has 0 saturated heterocycles. The molecule has 4 aromatic rings. The van der Waals surface area contributed by atoms with E-state index in [1.165, 1.54) is 60.2 Å². The first-order valence-electron chi connectivity index (χ1n) is 16.1. The summed E-state index contributed by atoms with van der Waals surface area (Å²) in [6.45, 7) is 17.7. The van der Waals surface area contributed by atoms with Gasteiger partial charge in [-0.05, 0) is 63.0 Å². The summed E-state index contributed by atoms with van der Waals surface area (Å²) in [7, 11) is 0. The standard InChI is InChI=1S/C14H13F2N5O2.C9H18.C8H10.C4H10/c1-2-3-4-9-18-12-7-5-6-8-11(23-14(15,16)22-8)10(7)19-13(17)21(12)20-9;1-4-8(2)7-9(3)5-6-9;1-7-3-5-8(2)6-4-7;1-3-4-2/h5-6H,2-4H2,1H3,(H2,17,19);8H,4-7H2,1-3H3;3-6H,1-2H3;3-4H2,1-2H3. The van der Waals surface area contributed by atoms with Crippen LogP contribution in [0.2, 0.25) is 0 Å². The molecule has 7 nitrogen and oxygen atoms in total. The van der Waals surface area contributed by atoms with E-state index in [-0.39, 0.29) is 23.0 Å². The third-order valence-electron chi connectivity index (χ3n) is 7.99. The van der Waals surface area contributed by atoms with Crippen molar-refractivity contribution >= 4 is 22.5 Å². The van der Waals surface area contributed by atoms with Crippen LogP contribution in [0.15, 0.2) is 36.4 Å². The van der Waals surface area contributed by atoms with Crippen molar-refractivity contribution in [2.75, 3.05) is 5.73 Å². The van der Waals surface area contributed by atoms with Crippen LogP contribution in [0.25, 0.3) is 16.6 Å². The molecule has 242 valence electrons. The molecule has 0 bridgehead atoms. The minimum Gasteiger partial charge on any atom is -0.395 e. The van der Waals surface area contributed by atoms with Crippen molar-refractivity contribution in [1.29, 1.82) is 0 Å². The van der Waals surface area contributed by atoms with Crippen molar-refractivity contribution in [3.63, 3.8) is 0 Å². The molecule has 1 saturated carbocycles. The summed E-state index contributed by atoms with van der Waals surface area (Å²) in [5.41, 5.74) is 9.96. The first kappa shape index (κ1) is 35.0. The maximum atomic E-state index is 13.3. The van der Waals surface area contributed by atoms with Crippen LogP contribution in [0, 0.1) is 25.2 Å². The Morgan fingerprint density at radius 2 is 1.52 bits per heavy atom. The van der Waals surface area contributed by atoms with Gasteiger partial charge in [0, 0.05) is 11.8 Å². The number of hydrogen-bond acceptors (Lipinski definition) is 6. The molecule has 1 fully saturated rings. The highest BCUT2D eigenvalue weighted by molar-refractivity contribution is 5.97. The van der Waals surface area contributed by atoms with Gasteiger partial charge in [0.15, 0.2) is 23.0 Å². The van der Waals surface area contributed by atoms with Crippen LogP contribution in [-0.2, 0) is 6.42 Å². The normalized spacial score (nSPS) is 15.8. The van der Waals surface area contributed by atoms with Gasteiger partial charge in [0.1, 0.15) is 5.52 Å². The third-order valence-corrected chi connectivity index (χ3v) is 7.99. The van der Waals surface area contributed by atoms with E-state index in [1.807, 2.05) is 0 Å². The third kappa shape index (κ3) is 9.76. The molecule has 2 aromatic carbocycles. The number of alkyl halides is 2. The van der Waals surface area contributed by atoms with Crippen LogP contribution in [0.5, 0.6) is 11.5 Å². The molecule has 0 spiro atoms. The smallest absolute Gasteiger partial charge is 0.395 e. The van der Waals surface area contributed by atoms with Gasteiger partial charge in [-0.1, -0.05) is 103 Å². The highest BCUT2D eigenvalue weighted by Gasteiger charge is 2.45. The van der Waals surface area contributed by atoms with Gasteiger partial charge < -0.3 is 15.2 Å². The highest BCUT2D eigenvalue weighted by atomic mass is 19.3. The van der Waals surface area contributed by atoms with Gasteiger partial charge in [0.05, 0.1) is 0 Å². The van der Waals surface area contributed by atoms with Crippen molar-refractivity contribution in [3.05, 3.63) is 53.3 Å². The lowest BCUT2D eigenvalue weighted by Gasteiger charge is -2.12. The number of unbranched alkanes of at least 4 members (excludes halogenated alkanes) is 2. The van der Waals surface area contributed by atoms with Crippen LogP contribution in [-0.4, -0.2) is 25.9 Å². The van der Waals surface area contributed by atoms with E-state index in [0.29, 0.717) is 23.3 Å². The second-order valence-electron chi connectivity index (χ2n) is 12.5. The first-order valence-corrected chi connectivity index (χ1v) is 16.1. The molecule has 1 aliphatic heterocycles. The Labute approximate surface area is 261 Å². The number of hydrogen-bond donors (Lipinski definition) is 1. The van der Waals surface area contributed by atoms with Crippen LogP contribution in [0.4, 0.5) is 14.7 Å². The molecule has 2 N–H and O–H groups in total. The summed E-state index contributed by atoms with van der Waals surface area (Å²) >= 11 is 0. The molecule has 0 radical (unpaired) electrons. The number of nitrogens with zero attached hydrogens (tertiary/aromatic N) is 4. The average Bonchev–Trinajstić information content (AvgIpc) is 3.40. The molecular formula is C35H51F2N5O2. The van der Waals surface area contributed by atoms with Crippen LogP contribution < -0.4 is 15.2 Å². The molecule has 6 rings (SSSR count). The molecule has 0 amide bonds. The Morgan fingerprint density at radius 3 is 2.05 bits per heavy atom. The largest absolute Gasteiger partial charge is 0.586 e. The first-order chi connectivity index (χ1) is 20.8. The van der Waals surface area contributed by atoms with E-state index in [0.717, 1.165) is 24.2 Å². The van der Waals surface area contributed by atoms with E-state index in [9.17, 15) is 8.78 Å². The molecule has 1 unspecified atom stereocenters. The van der Waals surface area contributed by atoms with Gasteiger partial charge in [0.2, 0.25) is 5.95 Å². The lowest BCUT2D eigenvalue weighted by atomic mass is 9.93. The van der Waals surface area contributed by atoms with E-state index < -0.39 is 6.29 Å². The number of nitrogen functional groups attached to an aromatic ring is 1. The number of aryl methyl sites for hydroxylation is 3. The maximum Gasteiger partial charge on any atom is 0.586 e. The van der Waals surface area contributed by atoms with Crippen LogP contribution in [0.1, 0.15) is 110 Å². The van der Waals surface area contributed by atoms with Crippen LogP contribution in [0.3, 0.4) is 0 Å². The fourth-order valence-corrected chi connectivity index (χ4v) is 4.62. The topological polar surface area (TPSA) is 87.6 Å². The second kappa shape index (κ2) is 15.5. The van der Waals surface area contributed by atoms with Crippen molar-refractivity contribution in [3.8, 4) is 11.5 Å². The van der Waals surface area contributed by atoms with Crippen molar-refractivity contribution in [1.82, 2.24) is 19.6 Å². The zero-order valence-electron chi connectivity index (χ0n) is 27.8. The Bertz CT molecular complexity index is 1460. The molecule has 1 atom stereocenters. The van der Waals surface area contributed by atoms with E-state index in [4.69, 9.17) is 5.73 Å². The van der Waals surface area contributed by atoms with E-state index >= 15 is 0 Å². The van der Waals surface area contributed by atoms with Crippen LogP contribution >= 0.6 is 0 Å². The van der Waals surface area contributed by atoms with Crippen molar-refractivity contribution < 1.29 is 18.3 Å². The molecule has 9 heteroatoms. The Hall–Kier alpha value is -3.49. The summed E-state index contributed by atoms with van der Waals surface area (Å²) in [5.74, 6) is 1.42. The number of benzene rings is 2. The van der Waals surface area contributed by atoms with Gasteiger partial charge in [-0.3, -0.25) is 0 Å². The molecule has 1 aliphatic carbocycles. The van der Waals surface area contributed by atoms with E-state index in [1.54, 1.807) is 6.07 Å². The molecular weight excluding hydrogens is 560 g/mol. The SMILES string of the molecule is CCC(C)CC1(C)CC1.CCCC.CCCCc1nc2c3ccc4c(c3nc(N)n2n1)OC(F)(F)O4.Cc1ccc(C)cc1. The Morgan fingerprint density at radius 1 is 0.909 bits per heavy atom. The number of anilines is 1. The predicted molar refractivity (Wildman–Crippen MR) is 175 cm³/mol. The molecule has 2 aliphatic rings. The Kier molecular flexibility index (Phi) is 12.3. The molecule has 2 aromatic heterocycles. The number of halogens is 2. The fraction of sp³-hybridized carbons (Fsp3) is 0.571. The fourth-order valence-electron chi connectivity index (χ4n) is 4.62. The summed E-state index contributed by atoms with van der Waals surface area (Å²) in [6.07, 6.45) is 7.38. The van der Waals surface area contributed by atoms with Crippen molar-refractivity contribution in [2.24, 2.45) is 11.3 Å². The van der Waals surface area contributed by atoms with Gasteiger partial charge in [-0.15, -0.1) is 13.9 Å². The van der Waals surface area contributed by atoms with E-state index in [2.05, 4.69) is 104 Å². The van der Waals surface area contributed by atoms with Gasteiger partial charge in [0.25, 0.3) is 0 Å². The predicted octanol–water partition coefficient (Wildman–Crippen LogP) is 9.86. The Balaban J connectivity index is 0.000000206. The quantitative estimate of drug-likeness (QED) is 0.224. The minimum absolute atomic E-state index is 0.0509. The number of nitrogens with two attached hydrogens (primary N) is 1. The maximum absolute atomic E-state index is 13.3. The number of fused-ring (bicyclic) bond motifs is 5. The summed E-state index contributed by atoms with van der Waals surface area (Å²) in [4.78, 5) is 8.58. The van der Waals surface area contributed by atoms with Gasteiger partial charge >= 0.3 is 6.29 Å². The number of aromatic nitrogens is 4. The average molecular weight is 612 g/mol. The molecule has 44 heavy (non-hydrogen) atoms. The lowest BCUT2D eigenvalue weighted by molar-refractivity contribution is -0.286. The second-order valence-corrected chi connectivity index (χ2v) is 12.5. The zero-order valence-corrected chi connectivity index (χ0v) is 27.8. The van der Waals surface area contributed by atoms with Crippen molar-refractivity contribution in [2.45, 2.75) is 119 Å². The summed E-state index contributed by atoms with van der Waals surface area (Å²) in [5, 5.41) is 4.84.